The van der Waals surface area contributed by atoms with Gasteiger partial charge < -0.3 is 4.74 Å². The van der Waals surface area contributed by atoms with Gasteiger partial charge in [0.2, 0.25) is 0 Å². The summed E-state index contributed by atoms with van der Waals surface area (Å²) >= 11 is 4.99. The zero-order valence-corrected chi connectivity index (χ0v) is 6.54. The van der Waals surface area contributed by atoms with Crippen molar-refractivity contribution < 1.29 is 4.74 Å². The van der Waals surface area contributed by atoms with Crippen molar-refractivity contribution in [2.75, 3.05) is 6.61 Å². The molecule has 52 valence electrons. The van der Waals surface area contributed by atoms with Crippen LogP contribution >= 0.6 is 12.2 Å². The monoisotopic (exact) mass is 144 g/mol. The summed E-state index contributed by atoms with van der Waals surface area (Å²) < 4.78 is 5.25. The quantitative estimate of drug-likeness (QED) is 0.482. The second-order valence-corrected chi connectivity index (χ2v) is 2.97. The second-order valence-electron chi connectivity index (χ2n) is 2.56. The van der Waals surface area contributed by atoms with Gasteiger partial charge >= 0.3 is 0 Å². The molecule has 0 aromatic rings. The largest absolute Gasteiger partial charge is 0.487 e. The van der Waals surface area contributed by atoms with Gasteiger partial charge in [-0.05, 0) is 31.5 Å². The maximum Gasteiger partial charge on any atom is 0.162 e. The third-order valence-electron chi connectivity index (χ3n) is 1.68. The molecule has 0 aliphatic carbocycles. The molecule has 0 aromatic heterocycles. The van der Waals surface area contributed by atoms with Crippen LogP contribution in [0.15, 0.2) is 0 Å². The van der Waals surface area contributed by atoms with Crippen molar-refractivity contribution in [3.05, 3.63) is 0 Å². The van der Waals surface area contributed by atoms with Crippen molar-refractivity contribution in [2.45, 2.75) is 26.2 Å². The van der Waals surface area contributed by atoms with Gasteiger partial charge in [0.15, 0.2) is 5.05 Å². The van der Waals surface area contributed by atoms with Crippen molar-refractivity contribution >= 4 is 17.3 Å². The molecule has 2 heteroatoms. The molecule has 9 heavy (non-hydrogen) atoms. The van der Waals surface area contributed by atoms with E-state index in [0.717, 1.165) is 11.7 Å². The van der Waals surface area contributed by atoms with Crippen LogP contribution in [0, 0.1) is 5.92 Å². The standard InChI is InChI=1S/C7H12OS/c1-6-4-2-3-5-8-7(6)9/h6H,2-5H2,1H3. The lowest BCUT2D eigenvalue weighted by molar-refractivity contribution is 0.305. The summed E-state index contributed by atoms with van der Waals surface area (Å²) in [7, 11) is 0. The van der Waals surface area contributed by atoms with Crippen LogP contribution in [0.3, 0.4) is 0 Å². The van der Waals surface area contributed by atoms with Crippen molar-refractivity contribution in [2.24, 2.45) is 5.92 Å². The van der Waals surface area contributed by atoms with E-state index in [1.807, 2.05) is 0 Å². The van der Waals surface area contributed by atoms with Crippen LogP contribution in [0.5, 0.6) is 0 Å². The van der Waals surface area contributed by atoms with Gasteiger partial charge in [0.25, 0.3) is 0 Å². The lowest BCUT2D eigenvalue weighted by Gasteiger charge is -2.06. The first-order valence-corrected chi connectivity index (χ1v) is 3.88. The van der Waals surface area contributed by atoms with E-state index in [1.165, 1.54) is 19.3 Å². The highest BCUT2D eigenvalue weighted by Crippen LogP contribution is 2.15. The van der Waals surface area contributed by atoms with E-state index < -0.39 is 0 Å². The average Bonchev–Trinajstić information content (AvgIpc) is 1.99. The Morgan fingerprint density at radius 2 is 2.33 bits per heavy atom. The second kappa shape index (κ2) is 3.16. The first-order chi connectivity index (χ1) is 4.30. The van der Waals surface area contributed by atoms with Crippen LogP contribution in [0.25, 0.3) is 0 Å². The highest BCUT2D eigenvalue weighted by Gasteiger charge is 2.12. The van der Waals surface area contributed by atoms with Crippen LogP contribution in [-0.4, -0.2) is 11.7 Å². The van der Waals surface area contributed by atoms with Crippen LogP contribution in [0.1, 0.15) is 26.2 Å². The summed E-state index contributed by atoms with van der Waals surface area (Å²) in [5, 5.41) is 0.813. The Morgan fingerprint density at radius 1 is 1.56 bits per heavy atom. The lowest BCUT2D eigenvalue weighted by Crippen LogP contribution is -2.08. The number of hydrogen-bond donors (Lipinski definition) is 0. The van der Waals surface area contributed by atoms with Crippen LogP contribution in [0.2, 0.25) is 0 Å². The molecule has 1 atom stereocenters. The van der Waals surface area contributed by atoms with Gasteiger partial charge in [-0.15, -0.1) is 0 Å². The molecular formula is C7H12OS. The Hall–Kier alpha value is -0.110. The molecule has 0 N–H and O–H groups in total. The third-order valence-corrected chi connectivity index (χ3v) is 2.20. The molecule has 1 aliphatic heterocycles. The van der Waals surface area contributed by atoms with E-state index in [0.29, 0.717) is 5.92 Å². The van der Waals surface area contributed by atoms with E-state index in [9.17, 15) is 0 Å². The van der Waals surface area contributed by atoms with Crippen molar-refractivity contribution in [1.29, 1.82) is 0 Å². The maximum absolute atomic E-state index is 5.25. The number of rotatable bonds is 0. The smallest absolute Gasteiger partial charge is 0.162 e. The molecule has 0 spiro atoms. The maximum atomic E-state index is 5.25. The molecule has 0 bridgehead atoms. The predicted octanol–water partition coefficient (Wildman–Crippen LogP) is 2.15. The van der Waals surface area contributed by atoms with E-state index >= 15 is 0 Å². The van der Waals surface area contributed by atoms with Gasteiger partial charge in [0.05, 0.1) is 6.61 Å². The summed E-state index contributed by atoms with van der Waals surface area (Å²) in [5.74, 6) is 0.502. The summed E-state index contributed by atoms with van der Waals surface area (Å²) in [4.78, 5) is 0. The van der Waals surface area contributed by atoms with E-state index in [-0.39, 0.29) is 0 Å². The molecule has 0 aromatic carbocycles. The fourth-order valence-electron chi connectivity index (χ4n) is 0.985. The first-order valence-electron chi connectivity index (χ1n) is 3.47. The molecule has 0 radical (unpaired) electrons. The van der Waals surface area contributed by atoms with Crippen LogP contribution in [-0.2, 0) is 4.74 Å². The molecule has 1 aliphatic rings. The molecule has 1 rings (SSSR count). The third kappa shape index (κ3) is 1.94. The zero-order valence-electron chi connectivity index (χ0n) is 5.72. The SMILES string of the molecule is CC1CCCCOC1=S. The Bertz CT molecular complexity index is 111. The number of thiocarbonyl (C=S) groups is 1. The van der Waals surface area contributed by atoms with Gasteiger partial charge in [0, 0.05) is 5.92 Å². The molecule has 1 unspecified atom stereocenters. The van der Waals surface area contributed by atoms with Crippen molar-refractivity contribution in [3.63, 3.8) is 0 Å². The Labute approximate surface area is 61.4 Å². The summed E-state index contributed by atoms with van der Waals surface area (Å²) in [6, 6.07) is 0. The number of ether oxygens (including phenoxy) is 1. The van der Waals surface area contributed by atoms with Gasteiger partial charge in [-0.25, -0.2) is 0 Å². The minimum atomic E-state index is 0.502. The fourth-order valence-corrected chi connectivity index (χ4v) is 1.19. The molecule has 0 amide bonds. The van der Waals surface area contributed by atoms with Gasteiger partial charge in [-0.1, -0.05) is 6.92 Å². The topological polar surface area (TPSA) is 9.23 Å². The Morgan fingerprint density at radius 3 is 3.11 bits per heavy atom. The predicted molar refractivity (Wildman–Crippen MR) is 41.6 cm³/mol. The van der Waals surface area contributed by atoms with Gasteiger partial charge in [-0.3, -0.25) is 0 Å². The average molecular weight is 144 g/mol. The summed E-state index contributed by atoms with van der Waals surface area (Å²) in [6.45, 7) is 2.97. The van der Waals surface area contributed by atoms with Crippen molar-refractivity contribution in [3.8, 4) is 0 Å². The first kappa shape index (κ1) is 7.00. The van der Waals surface area contributed by atoms with Crippen LogP contribution < -0.4 is 0 Å². The van der Waals surface area contributed by atoms with Crippen LogP contribution in [0.4, 0.5) is 0 Å². The normalized spacial score (nSPS) is 29.0. The van der Waals surface area contributed by atoms with Gasteiger partial charge in [-0.2, -0.15) is 0 Å². The summed E-state index contributed by atoms with van der Waals surface area (Å²) in [6.07, 6.45) is 3.64. The molecular weight excluding hydrogens is 132 g/mol. The minimum absolute atomic E-state index is 0.502. The molecule has 1 nitrogen and oxygen atoms in total. The highest BCUT2D eigenvalue weighted by molar-refractivity contribution is 7.80. The molecule has 1 fully saturated rings. The minimum Gasteiger partial charge on any atom is -0.487 e. The van der Waals surface area contributed by atoms with Crippen molar-refractivity contribution in [1.82, 2.24) is 0 Å². The highest BCUT2D eigenvalue weighted by atomic mass is 32.1. The summed E-state index contributed by atoms with van der Waals surface area (Å²) in [5.41, 5.74) is 0. The van der Waals surface area contributed by atoms with E-state index in [1.54, 1.807) is 0 Å². The van der Waals surface area contributed by atoms with Gasteiger partial charge in [0.1, 0.15) is 0 Å². The van der Waals surface area contributed by atoms with E-state index in [2.05, 4.69) is 6.92 Å². The Balaban J connectivity index is 2.41. The molecule has 0 saturated carbocycles. The molecule has 1 saturated heterocycles. The molecule has 1 heterocycles. The number of hydrogen-bond acceptors (Lipinski definition) is 2. The van der Waals surface area contributed by atoms with E-state index in [4.69, 9.17) is 17.0 Å². The zero-order chi connectivity index (χ0) is 6.69. The Kier molecular flexibility index (Phi) is 2.46. The lowest BCUT2D eigenvalue weighted by atomic mass is 10.1. The fraction of sp³-hybridized carbons (Fsp3) is 0.857.